The Morgan fingerprint density at radius 1 is 0.988 bits per heavy atom. The number of benzene rings is 4. The maximum absolute atomic E-state index is 17.2. The first kappa shape index (κ1) is 56.8. The van der Waals surface area contributed by atoms with E-state index in [9.17, 15) is 24.6 Å². The van der Waals surface area contributed by atoms with E-state index in [1.54, 1.807) is 49.4 Å². The zero-order chi connectivity index (χ0) is 57.1. The van der Waals surface area contributed by atoms with Gasteiger partial charge in [0.2, 0.25) is 11.8 Å². The number of aromatic nitrogens is 4. The monoisotopic (exact) mass is 1140 g/mol. The van der Waals surface area contributed by atoms with E-state index in [1.807, 2.05) is 61.2 Å². The predicted octanol–water partition coefficient (Wildman–Crippen LogP) is 8.91. The number of aliphatic hydroxyl groups excluding tert-OH is 1. The number of piperazine rings is 1. The van der Waals surface area contributed by atoms with Crippen LogP contribution in [0.1, 0.15) is 62.7 Å². The Kier molecular flexibility index (Phi) is 17.3. The number of hydrogen-bond donors (Lipinski definition) is 3. The van der Waals surface area contributed by atoms with Crippen molar-refractivity contribution in [2.24, 2.45) is 0 Å². The lowest BCUT2D eigenvalue weighted by atomic mass is 9.96. The minimum Gasteiger partial charge on any atom is -0.508 e. The number of nitrogens with zero attached hydrogens (tertiary/aromatic N) is 8. The number of phenols is 1. The van der Waals surface area contributed by atoms with Crippen molar-refractivity contribution < 1.29 is 47.7 Å². The van der Waals surface area contributed by atoms with Crippen LogP contribution in [0.5, 0.6) is 17.5 Å². The zero-order valence-corrected chi connectivity index (χ0v) is 47.5. The van der Waals surface area contributed by atoms with E-state index in [1.165, 1.54) is 28.4 Å². The number of thiazole rings is 1. The average Bonchev–Trinajstić information content (AvgIpc) is 4.24. The van der Waals surface area contributed by atoms with E-state index in [0.717, 1.165) is 53.0 Å². The molecule has 3 amide bonds. The third kappa shape index (κ3) is 12.5. The van der Waals surface area contributed by atoms with Crippen molar-refractivity contribution in [1.29, 1.82) is 0 Å². The first-order valence-electron chi connectivity index (χ1n) is 27.2. The first-order valence-corrected chi connectivity index (χ1v) is 28.4. The highest BCUT2D eigenvalue weighted by atomic mass is 35.5. The molecule has 18 nitrogen and oxygen atoms in total. The Balaban J connectivity index is 0.771. The van der Waals surface area contributed by atoms with Crippen LogP contribution in [0, 0.1) is 19.7 Å². The number of likely N-dealkylation sites (tertiary alicyclic amines) is 2. The van der Waals surface area contributed by atoms with Crippen LogP contribution in [0.4, 0.5) is 10.2 Å². The number of anilines is 1. The van der Waals surface area contributed by atoms with E-state index in [4.69, 9.17) is 35.3 Å². The predicted molar refractivity (Wildman–Crippen MR) is 309 cm³/mol. The van der Waals surface area contributed by atoms with Gasteiger partial charge in [-0.1, -0.05) is 65.3 Å². The lowest BCUT2D eigenvalue weighted by Gasteiger charge is -2.35. The molecule has 7 aromatic rings. The fourth-order valence-electron chi connectivity index (χ4n) is 11.0. The highest BCUT2D eigenvalue weighted by Crippen LogP contribution is 2.43. The normalized spacial score (nSPS) is 17.4. The van der Waals surface area contributed by atoms with Crippen LogP contribution in [-0.2, 0) is 25.7 Å². The van der Waals surface area contributed by atoms with Crippen molar-refractivity contribution in [3.63, 3.8) is 0 Å². The summed E-state index contributed by atoms with van der Waals surface area (Å²) < 4.78 is 41.9. The van der Waals surface area contributed by atoms with E-state index < -0.39 is 35.9 Å². The van der Waals surface area contributed by atoms with Crippen molar-refractivity contribution in [2.45, 2.75) is 84.8 Å². The molecule has 3 aliphatic heterocycles. The van der Waals surface area contributed by atoms with Crippen molar-refractivity contribution in [3.8, 4) is 39.1 Å². The number of piperidine rings is 1. The Labute approximate surface area is 477 Å². The number of amides is 3. The van der Waals surface area contributed by atoms with Gasteiger partial charge in [0.15, 0.2) is 11.6 Å². The second-order valence-corrected chi connectivity index (χ2v) is 22.3. The molecular weight excluding hydrogens is 1080 g/mol. The van der Waals surface area contributed by atoms with Crippen molar-refractivity contribution in [3.05, 3.63) is 124 Å². The number of carbonyl (C=O) groups excluding carboxylic acids is 3. The molecular formula is C60H65ClFN9O9S. The summed E-state index contributed by atoms with van der Waals surface area (Å²) >= 11 is 8.48. The number of phenolic OH excluding ortho intramolecular Hbond substituents is 1. The number of ether oxygens (including phenoxy) is 3. The molecule has 0 radical (unpaired) electrons. The van der Waals surface area contributed by atoms with E-state index >= 15 is 4.39 Å². The molecule has 3 saturated heterocycles. The summed E-state index contributed by atoms with van der Waals surface area (Å²) in [7, 11) is 0. The summed E-state index contributed by atoms with van der Waals surface area (Å²) in [6.45, 7) is 17.2. The van der Waals surface area contributed by atoms with E-state index in [0.29, 0.717) is 89.8 Å². The molecule has 21 heteroatoms. The molecule has 3 aliphatic rings. The van der Waals surface area contributed by atoms with Crippen molar-refractivity contribution >= 4 is 73.7 Å². The molecule has 10 rings (SSSR count). The van der Waals surface area contributed by atoms with Gasteiger partial charge < -0.3 is 49.0 Å². The van der Waals surface area contributed by atoms with Crippen LogP contribution >= 0.6 is 22.9 Å². The van der Waals surface area contributed by atoms with E-state index in [2.05, 4.69) is 31.9 Å². The summed E-state index contributed by atoms with van der Waals surface area (Å²) in [6.07, 6.45) is 1.63. The highest BCUT2D eigenvalue weighted by molar-refractivity contribution is 7.13. The fraction of sp³-hybridized carbons (Fsp3) is 0.383. The third-order valence-electron chi connectivity index (χ3n) is 15.0. The number of carbonyl (C=O) groups is 3. The van der Waals surface area contributed by atoms with Gasteiger partial charge in [-0.2, -0.15) is 9.97 Å². The number of aliphatic hydroxyl groups is 1. The summed E-state index contributed by atoms with van der Waals surface area (Å²) in [4.78, 5) is 62.7. The summed E-state index contributed by atoms with van der Waals surface area (Å²) in [6, 6.07) is 18.8. The molecule has 4 aromatic carbocycles. The van der Waals surface area contributed by atoms with Gasteiger partial charge >= 0.3 is 6.01 Å². The Bertz CT molecular complexity index is 3530. The van der Waals surface area contributed by atoms with Crippen molar-refractivity contribution in [1.82, 2.24) is 40.1 Å². The molecule has 424 valence electrons. The number of nitrogens with one attached hydrogen (secondary N) is 1. The second kappa shape index (κ2) is 24.7. The number of allylic oxidation sites excluding steroid dienone is 1. The van der Waals surface area contributed by atoms with Gasteiger partial charge in [0, 0.05) is 87.9 Å². The number of β-amino-alcohol motifs (C(OH)–C–C–N with tert-alkyl or cyclic N) is 1. The molecule has 81 heavy (non-hydrogen) atoms. The van der Waals surface area contributed by atoms with E-state index in [-0.39, 0.29) is 66.0 Å². The van der Waals surface area contributed by atoms with Gasteiger partial charge in [0.1, 0.15) is 41.6 Å². The third-order valence-corrected chi connectivity index (χ3v) is 16.3. The number of aryl methyl sites for hydroxylation is 2. The molecule has 3 atom stereocenters. The van der Waals surface area contributed by atoms with Gasteiger partial charge in [-0.05, 0) is 99.7 Å². The summed E-state index contributed by atoms with van der Waals surface area (Å²) in [5.74, 6) is -0.378. The molecule has 3 fully saturated rings. The van der Waals surface area contributed by atoms with Gasteiger partial charge in [0.05, 0.1) is 51.2 Å². The zero-order valence-electron chi connectivity index (χ0n) is 45.9. The number of aromatic hydroxyl groups is 1. The number of hydrogen-bond acceptors (Lipinski definition) is 16. The van der Waals surface area contributed by atoms with Crippen LogP contribution in [0.15, 0.2) is 95.0 Å². The highest BCUT2D eigenvalue weighted by Gasteiger charge is 2.41. The molecule has 3 aromatic heterocycles. The minimum atomic E-state index is -0.910. The van der Waals surface area contributed by atoms with Crippen molar-refractivity contribution in [2.75, 3.05) is 70.5 Å². The number of halogens is 2. The molecule has 0 unspecified atom stereocenters. The van der Waals surface area contributed by atoms with Gasteiger partial charge in [-0.25, -0.2) is 9.37 Å². The van der Waals surface area contributed by atoms with Crippen LogP contribution < -0.4 is 19.7 Å². The van der Waals surface area contributed by atoms with Gasteiger partial charge in [-0.3, -0.25) is 19.3 Å². The minimum absolute atomic E-state index is 0.000690. The standard InChI is InChI=1S/C60H65ClFN9O9S/c1-7-51(74)69-18-20-70(21-19-69)57-46-29-47(61)53(45-27-41(72)25-38-10-8-9-11-44(38)45)54(62)55(46)65-60(66-57)79-36(5)31-68-16-14-43(15-17-68)77-22-23-78-49-26-39(56-37(6)64-33-81-56)12-13-40(49)30-63-58(75)48-28-42(73)32-71(48)59(76)52(34(2)3)50-24-35(4)67-80-50/h7-13,24-27,29,33,36,42-43,48,72-73H,1,14-23,28,30-32H2,2-6H3,(H,63,75)/t36-,42-,48+/m1/s1. The summed E-state index contributed by atoms with van der Waals surface area (Å²) in [5.41, 5.74) is 6.49. The van der Waals surface area contributed by atoms with Gasteiger partial charge in [0.25, 0.3) is 5.91 Å². The SMILES string of the molecule is C=CC(=O)N1CCN(c2nc(O[C@H](C)CN3CCC(OCCOc4cc(-c5scnc5C)ccc4CNC(=O)[C@@H]4C[C@@H](O)CN4C(=O)C(=C(C)C)c4cc(C)no4)CC3)nc3c(F)c(-c4cc(O)cc5ccccc45)c(Cl)cc23)CC1. The maximum Gasteiger partial charge on any atom is 0.319 e. The topological polar surface area (TPSA) is 209 Å². The molecule has 0 bridgehead atoms. The molecule has 0 aliphatic carbocycles. The molecule has 0 saturated carbocycles. The largest absolute Gasteiger partial charge is 0.508 e. The Morgan fingerprint density at radius 3 is 2.48 bits per heavy atom. The Hall–Kier alpha value is -7.49. The quantitative estimate of drug-likeness (QED) is 0.0541. The smallest absolute Gasteiger partial charge is 0.319 e. The van der Waals surface area contributed by atoms with Crippen LogP contribution in [0.3, 0.4) is 0 Å². The molecule has 3 N–H and O–H groups in total. The lowest BCUT2D eigenvalue weighted by molar-refractivity contribution is -0.134. The van der Waals surface area contributed by atoms with Crippen LogP contribution in [-0.4, -0.2) is 153 Å². The molecule has 0 spiro atoms. The first-order chi connectivity index (χ1) is 39.0. The van der Waals surface area contributed by atoms with Crippen LogP contribution in [0.25, 0.3) is 48.8 Å². The molecule has 6 heterocycles. The number of fused-ring (bicyclic) bond motifs is 2. The van der Waals surface area contributed by atoms with Gasteiger partial charge in [-0.15, -0.1) is 11.3 Å². The average molecular weight is 1140 g/mol. The number of rotatable bonds is 18. The fourth-order valence-corrected chi connectivity index (χ4v) is 12.1. The maximum atomic E-state index is 17.2. The lowest BCUT2D eigenvalue weighted by Crippen LogP contribution is -2.48. The Morgan fingerprint density at radius 2 is 1.77 bits per heavy atom. The van der Waals surface area contributed by atoms with Crippen LogP contribution in [0.2, 0.25) is 5.02 Å². The second-order valence-electron chi connectivity index (χ2n) is 21.0. The summed E-state index contributed by atoms with van der Waals surface area (Å²) in [5, 5.41) is 30.3.